The van der Waals surface area contributed by atoms with Gasteiger partial charge in [0.25, 0.3) is 0 Å². The summed E-state index contributed by atoms with van der Waals surface area (Å²) in [5, 5.41) is 13.7. The summed E-state index contributed by atoms with van der Waals surface area (Å²) in [5.41, 5.74) is 7.07. The topological polar surface area (TPSA) is 79.4 Å². The predicted molar refractivity (Wildman–Crippen MR) is 155 cm³/mol. The average Bonchev–Trinajstić information content (AvgIpc) is 3.67. The van der Waals surface area contributed by atoms with Crippen LogP contribution >= 0.6 is 0 Å². The Morgan fingerprint density at radius 3 is 2.05 bits per heavy atom. The van der Waals surface area contributed by atoms with Crippen molar-refractivity contribution in [2.24, 2.45) is 0 Å². The molecule has 0 N–H and O–H groups in total. The van der Waals surface area contributed by atoms with E-state index in [0.29, 0.717) is 11.5 Å². The zero-order valence-electron chi connectivity index (χ0n) is 21.9. The quantitative estimate of drug-likeness (QED) is 0.248. The molecular weight excluding hydrogens is 500 g/mol. The number of aromatic nitrogens is 6. The molecular formula is C32H24N6O2. The van der Waals surface area contributed by atoms with Gasteiger partial charge in [-0.05, 0) is 59.0 Å². The number of rotatable bonds is 6. The summed E-state index contributed by atoms with van der Waals surface area (Å²) in [4.78, 5) is 5.32. The number of pyridine rings is 1. The molecule has 3 heterocycles. The zero-order chi connectivity index (χ0) is 27.1. The molecule has 0 aliphatic rings. The van der Waals surface area contributed by atoms with Crippen molar-refractivity contribution in [1.29, 1.82) is 0 Å². The Kier molecular flexibility index (Phi) is 5.70. The van der Waals surface area contributed by atoms with Gasteiger partial charge in [0.05, 0.1) is 36.7 Å². The SMILES string of the molecule is COc1ccc(-n2c(-c3cc4cc(OC)ccc4n4nnnc34)nc(-c3ccccc3)c2-c2ccccc2)cc1. The van der Waals surface area contributed by atoms with Gasteiger partial charge >= 0.3 is 0 Å². The van der Waals surface area contributed by atoms with Crippen molar-refractivity contribution in [2.45, 2.75) is 0 Å². The van der Waals surface area contributed by atoms with E-state index in [0.717, 1.165) is 56.2 Å². The first-order valence-electron chi connectivity index (χ1n) is 12.8. The molecule has 7 aromatic rings. The molecule has 4 aromatic carbocycles. The summed E-state index contributed by atoms with van der Waals surface area (Å²) in [6.07, 6.45) is 0. The lowest BCUT2D eigenvalue weighted by atomic mass is 10.0. The highest BCUT2D eigenvalue weighted by Crippen LogP contribution is 2.40. The molecule has 0 unspecified atom stereocenters. The van der Waals surface area contributed by atoms with Crippen molar-refractivity contribution < 1.29 is 9.47 Å². The molecule has 194 valence electrons. The highest BCUT2D eigenvalue weighted by atomic mass is 16.5. The lowest BCUT2D eigenvalue weighted by molar-refractivity contribution is 0.414. The maximum atomic E-state index is 5.52. The number of nitrogens with zero attached hydrogens (tertiary/aromatic N) is 6. The number of tetrazole rings is 1. The number of ether oxygens (including phenoxy) is 2. The summed E-state index contributed by atoms with van der Waals surface area (Å²) in [5.74, 6) is 2.24. The number of benzene rings is 4. The second-order valence-corrected chi connectivity index (χ2v) is 9.30. The summed E-state index contributed by atoms with van der Waals surface area (Å²) < 4.78 is 14.9. The van der Waals surface area contributed by atoms with Gasteiger partial charge in [-0.15, -0.1) is 5.10 Å². The van der Waals surface area contributed by atoms with Crippen LogP contribution in [0.15, 0.2) is 109 Å². The summed E-state index contributed by atoms with van der Waals surface area (Å²) in [7, 11) is 3.32. The van der Waals surface area contributed by atoms with Crippen LogP contribution in [-0.2, 0) is 0 Å². The van der Waals surface area contributed by atoms with Gasteiger partial charge in [0.15, 0.2) is 5.65 Å². The van der Waals surface area contributed by atoms with Gasteiger partial charge < -0.3 is 9.47 Å². The minimum Gasteiger partial charge on any atom is -0.497 e. The fourth-order valence-corrected chi connectivity index (χ4v) is 5.11. The minimum atomic E-state index is 0.608. The first-order chi connectivity index (χ1) is 19.7. The van der Waals surface area contributed by atoms with Crippen LogP contribution < -0.4 is 9.47 Å². The molecule has 3 aromatic heterocycles. The third kappa shape index (κ3) is 3.85. The molecule has 0 fully saturated rings. The monoisotopic (exact) mass is 524 g/mol. The van der Waals surface area contributed by atoms with Gasteiger partial charge in [0.2, 0.25) is 0 Å². The number of hydrogen-bond donors (Lipinski definition) is 0. The van der Waals surface area contributed by atoms with Crippen LogP contribution in [-0.4, -0.2) is 43.8 Å². The van der Waals surface area contributed by atoms with E-state index in [1.54, 1.807) is 18.7 Å². The molecule has 0 spiro atoms. The van der Waals surface area contributed by atoms with Crippen molar-refractivity contribution >= 4 is 16.6 Å². The minimum absolute atomic E-state index is 0.608. The molecule has 0 atom stereocenters. The van der Waals surface area contributed by atoms with E-state index >= 15 is 0 Å². The van der Waals surface area contributed by atoms with Crippen molar-refractivity contribution in [3.8, 4) is 51.1 Å². The standard InChI is InChI=1S/C32H24N6O2/c1-39-25-15-13-24(14-16-25)37-30(22-11-7-4-8-12-22)29(21-9-5-3-6-10-21)33-31(37)27-20-23-19-26(40-2)17-18-28(23)38-32(27)34-35-36-38/h3-20H,1-2H3. The molecule has 8 heteroatoms. The largest absolute Gasteiger partial charge is 0.497 e. The summed E-state index contributed by atoms with van der Waals surface area (Å²) >= 11 is 0. The molecule has 0 amide bonds. The lowest BCUT2D eigenvalue weighted by Gasteiger charge is -2.15. The lowest BCUT2D eigenvalue weighted by Crippen LogP contribution is -2.02. The fraction of sp³-hybridized carbons (Fsp3) is 0.0625. The predicted octanol–water partition coefficient (Wildman–Crippen LogP) is 6.48. The Morgan fingerprint density at radius 2 is 1.35 bits per heavy atom. The van der Waals surface area contributed by atoms with Crippen LogP contribution in [0.3, 0.4) is 0 Å². The van der Waals surface area contributed by atoms with E-state index in [2.05, 4.69) is 50.4 Å². The summed E-state index contributed by atoms with van der Waals surface area (Å²) in [6, 6.07) is 36.4. The molecule has 0 saturated carbocycles. The number of methoxy groups -OCH3 is 2. The van der Waals surface area contributed by atoms with Gasteiger partial charge in [-0.2, -0.15) is 4.52 Å². The highest BCUT2D eigenvalue weighted by Gasteiger charge is 2.25. The van der Waals surface area contributed by atoms with Crippen molar-refractivity contribution in [2.75, 3.05) is 14.2 Å². The van der Waals surface area contributed by atoms with Gasteiger partial charge in [-0.1, -0.05) is 60.7 Å². The number of fused-ring (bicyclic) bond motifs is 3. The molecule has 7 rings (SSSR count). The molecule has 0 radical (unpaired) electrons. The Morgan fingerprint density at radius 1 is 0.675 bits per heavy atom. The van der Waals surface area contributed by atoms with Crippen molar-refractivity contribution in [3.05, 3.63) is 109 Å². The third-order valence-electron chi connectivity index (χ3n) is 7.02. The highest BCUT2D eigenvalue weighted by molar-refractivity contribution is 5.93. The Labute approximate surface area is 230 Å². The van der Waals surface area contributed by atoms with Crippen molar-refractivity contribution in [3.63, 3.8) is 0 Å². The molecule has 0 bridgehead atoms. The Bertz CT molecular complexity index is 1960. The Hall–Kier alpha value is -5.50. The smallest absolute Gasteiger partial charge is 0.190 e. The van der Waals surface area contributed by atoms with Crippen LogP contribution in [0.2, 0.25) is 0 Å². The van der Waals surface area contributed by atoms with E-state index in [1.165, 1.54) is 0 Å². The first kappa shape index (κ1) is 23.6. The molecule has 8 nitrogen and oxygen atoms in total. The number of imidazole rings is 1. The van der Waals surface area contributed by atoms with E-state index in [4.69, 9.17) is 14.5 Å². The normalized spacial score (nSPS) is 11.2. The van der Waals surface area contributed by atoms with Gasteiger partial charge in [-0.25, -0.2) is 4.98 Å². The van der Waals surface area contributed by atoms with Gasteiger partial charge in [0.1, 0.15) is 17.3 Å². The molecule has 0 aliphatic carbocycles. The zero-order valence-corrected chi connectivity index (χ0v) is 21.9. The second-order valence-electron chi connectivity index (χ2n) is 9.30. The van der Waals surface area contributed by atoms with Crippen LogP contribution in [0.4, 0.5) is 0 Å². The van der Waals surface area contributed by atoms with E-state index in [9.17, 15) is 0 Å². The third-order valence-corrected chi connectivity index (χ3v) is 7.02. The van der Waals surface area contributed by atoms with Crippen LogP contribution in [0, 0.1) is 0 Å². The van der Waals surface area contributed by atoms with Crippen LogP contribution in [0.25, 0.3) is 56.1 Å². The maximum absolute atomic E-state index is 5.52. The van der Waals surface area contributed by atoms with E-state index < -0.39 is 0 Å². The second kappa shape index (κ2) is 9.67. The van der Waals surface area contributed by atoms with Crippen molar-refractivity contribution in [1.82, 2.24) is 29.6 Å². The number of hydrogen-bond acceptors (Lipinski definition) is 6. The summed E-state index contributed by atoms with van der Waals surface area (Å²) in [6.45, 7) is 0. The average molecular weight is 525 g/mol. The Balaban J connectivity index is 1.62. The molecule has 0 aliphatic heterocycles. The van der Waals surface area contributed by atoms with E-state index in [1.807, 2.05) is 78.9 Å². The molecule has 40 heavy (non-hydrogen) atoms. The van der Waals surface area contributed by atoms with Gasteiger partial charge in [0, 0.05) is 22.2 Å². The van der Waals surface area contributed by atoms with Crippen LogP contribution in [0.1, 0.15) is 0 Å². The maximum Gasteiger partial charge on any atom is 0.190 e. The van der Waals surface area contributed by atoms with E-state index in [-0.39, 0.29) is 0 Å². The first-order valence-corrected chi connectivity index (χ1v) is 12.8. The van der Waals surface area contributed by atoms with Crippen LogP contribution in [0.5, 0.6) is 11.5 Å². The fourth-order valence-electron chi connectivity index (χ4n) is 5.11. The molecule has 0 saturated heterocycles. The van der Waals surface area contributed by atoms with Gasteiger partial charge in [-0.3, -0.25) is 4.57 Å².